The third-order valence-corrected chi connectivity index (χ3v) is 4.68. The Morgan fingerprint density at radius 3 is 2.68 bits per heavy atom. The van der Waals surface area contributed by atoms with Crippen LogP contribution in [0, 0.1) is 5.82 Å². The number of benzene rings is 1. The molecule has 7 nitrogen and oxygen atoms in total. The van der Waals surface area contributed by atoms with Gasteiger partial charge in [0.05, 0.1) is 18.0 Å². The Morgan fingerprint density at radius 1 is 1.46 bits per heavy atom. The van der Waals surface area contributed by atoms with E-state index in [0.29, 0.717) is 5.56 Å². The molecule has 1 aromatic rings. The summed E-state index contributed by atoms with van der Waals surface area (Å²) < 4.78 is 31.9. The average molecular weight is 396 g/mol. The Hall–Kier alpha value is -2.46. The van der Waals surface area contributed by atoms with Gasteiger partial charge in [-0.05, 0) is 37.1 Å². The molecule has 3 N–H and O–H groups in total. The van der Waals surface area contributed by atoms with Crippen molar-refractivity contribution in [2.24, 2.45) is 0 Å². The van der Waals surface area contributed by atoms with E-state index in [-0.39, 0.29) is 26.0 Å². The van der Waals surface area contributed by atoms with Crippen LogP contribution in [-0.2, 0) is 16.0 Å². The number of likely N-dealkylation sites (tertiary alicyclic amines) is 1. The van der Waals surface area contributed by atoms with E-state index in [1.165, 1.54) is 29.2 Å². The van der Waals surface area contributed by atoms with Crippen LogP contribution >= 0.6 is 0 Å². The summed E-state index contributed by atoms with van der Waals surface area (Å²) in [5.41, 5.74) is -0.461. The molecule has 0 aromatic heterocycles. The molecular weight excluding hydrogens is 373 g/mol. The van der Waals surface area contributed by atoms with Gasteiger partial charge in [-0.1, -0.05) is 18.7 Å². The highest BCUT2D eigenvalue weighted by atomic mass is 19.1. The number of hydrogen-bond donors (Lipinski definition) is 3. The normalized spacial score (nSPS) is 22.5. The van der Waals surface area contributed by atoms with Gasteiger partial charge in [-0.3, -0.25) is 4.79 Å². The van der Waals surface area contributed by atoms with Crippen LogP contribution in [0.4, 0.5) is 13.6 Å². The van der Waals surface area contributed by atoms with Gasteiger partial charge >= 0.3 is 13.2 Å². The first-order chi connectivity index (χ1) is 13.1. The van der Waals surface area contributed by atoms with E-state index in [1.54, 1.807) is 6.92 Å². The molecule has 1 aromatic carbocycles. The SMILES string of the molecule is C=CC(=O)N1C[C@@H](F)C[C@]1(C)COC(=O)N[C@@H](Cc1ccc(F)cc1)B(O)O. The van der Waals surface area contributed by atoms with Gasteiger partial charge < -0.3 is 25.0 Å². The van der Waals surface area contributed by atoms with E-state index in [9.17, 15) is 28.4 Å². The van der Waals surface area contributed by atoms with E-state index >= 15 is 0 Å². The molecule has 0 spiro atoms. The summed E-state index contributed by atoms with van der Waals surface area (Å²) >= 11 is 0. The minimum absolute atomic E-state index is 0.00148. The van der Waals surface area contributed by atoms with Gasteiger partial charge in [-0.25, -0.2) is 13.6 Å². The van der Waals surface area contributed by atoms with E-state index in [2.05, 4.69) is 11.9 Å². The van der Waals surface area contributed by atoms with E-state index in [4.69, 9.17) is 4.74 Å². The Labute approximate surface area is 162 Å². The lowest BCUT2D eigenvalue weighted by Crippen LogP contribution is -2.51. The van der Waals surface area contributed by atoms with Crippen LogP contribution in [0.2, 0.25) is 0 Å². The summed E-state index contributed by atoms with van der Waals surface area (Å²) in [6.45, 7) is 4.59. The van der Waals surface area contributed by atoms with Crippen molar-refractivity contribution in [3.63, 3.8) is 0 Å². The number of ether oxygens (including phenoxy) is 1. The van der Waals surface area contributed by atoms with Crippen molar-refractivity contribution < 1.29 is 33.2 Å². The Bertz CT molecular complexity index is 718. The third-order valence-electron chi connectivity index (χ3n) is 4.68. The van der Waals surface area contributed by atoms with Crippen LogP contribution in [0.15, 0.2) is 36.9 Å². The molecule has 1 saturated heterocycles. The molecule has 28 heavy (non-hydrogen) atoms. The van der Waals surface area contributed by atoms with Crippen LogP contribution in [0.25, 0.3) is 0 Å². The second kappa shape index (κ2) is 9.16. The Balaban J connectivity index is 1.96. The van der Waals surface area contributed by atoms with Gasteiger partial charge in [0.1, 0.15) is 18.6 Å². The number of amides is 2. The molecule has 10 heteroatoms. The summed E-state index contributed by atoms with van der Waals surface area (Å²) in [4.78, 5) is 25.3. The molecule has 0 saturated carbocycles. The Kier molecular flexibility index (Phi) is 7.14. The lowest BCUT2D eigenvalue weighted by Gasteiger charge is -2.33. The minimum atomic E-state index is -1.88. The molecule has 0 radical (unpaired) electrons. The molecule has 0 unspecified atom stereocenters. The van der Waals surface area contributed by atoms with Crippen LogP contribution in [0.3, 0.4) is 0 Å². The second-order valence-corrected chi connectivity index (χ2v) is 7.02. The van der Waals surface area contributed by atoms with Crippen LogP contribution in [-0.4, -0.2) is 64.9 Å². The number of rotatable bonds is 7. The van der Waals surface area contributed by atoms with Crippen LogP contribution in [0.1, 0.15) is 18.9 Å². The first-order valence-corrected chi connectivity index (χ1v) is 8.76. The smallest absolute Gasteiger partial charge is 0.447 e. The fraction of sp³-hybridized carbons (Fsp3) is 0.444. The highest BCUT2D eigenvalue weighted by Gasteiger charge is 2.45. The van der Waals surface area contributed by atoms with Gasteiger partial charge in [0.25, 0.3) is 0 Å². The number of alkyl halides is 1. The third kappa shape index (κ3) is 5.52. The van der Waals surface area contributed by atoms with Gasteiger partial charge in [0, 0.05) is 6.42 Å². The highest BCUT2D eigenvalue weighted by molar-refractivity contribution is 6.43. The summed E-state index contributed by atoms with van der Waals surface area (Å²) in [7, 11) is -1.88. The molecule has 0 bridgehead atoms. The quantitative estimate of drug-likeness (QED) is 0.472. The maximum Gasteiger partial charge on any atom is 0.475 e. The molecule has 0 aliphatic carbocycles. The van der Waals surface area contributed by atoms with Crippen molar-refractivity contribution in [3.8, 4) is 0 Å². The number of alkyl carbamates (subject to hydrolysis) is 1. The molecule has 1 fully saturated rings. The summed E-state index contributed by atoms with van der Waals surface area (Å²) in [5.74, 6) is -2.01. The van der Waals surface area contributed by atoms with Crippen molar-refractivity contribution >= 4 is 19.1 Å². The monoisotopic (exact) mass is 396 g/mol. The fourth-order valence-electron chi connectivity index (χ4n) is 3.19. The zero-order valence-corrected chi connectivity index (χ0v) is 15.5. The molecule has 3 atom stereocenters. The number of halogens is 2. The van der Waals surface area contributed by atoms with Gasteiger partial charge in [-0.2, -0.15) is 0 Å². The fourth-order valence-corrected chi connectivity index (χ4v) is 3.19. The van der Waals surface area contributed by atoms with Crippen molar-refractivity contribution in [3.05, 3.63) is 48.3 Å². The number of carbonyl (C=O) groups is 2. The largest absolute Gasteiger partial charge is 0.475 e. The van der Waals surface area contributed by atoms with Crippen LogP contribution < -0.4 is 5.32 Å². The summed E-state index contributed by atoms with van der Waals surface area (Å²) in [5, 5.41) is 21.3. The molecular formula is C18H23BF2N2O5. The predicted octanol–water partition coefficient (Wildman–Crippen LogP) is 0.990. The van der Waals surface area contributed by atoms with Gasteiger partial charge in [0.2, 0.25) is 5.91 Å². The minimum Gasteiger partial charge on any atom is -0.447 e. The van der Waals surface area contributed by atoms with Gasteiger partial charge in [-0.15, -0.1) is 0 Å². The highest BCUT2D eigenvalue weighted by Crippen LogP contribution is 2.31. The number of carbonyl (C=O) groups excluding carboxylic acids is 2. The van der Waals surface area contributed by atoms with Crippen LogP contribution in [0.5, 0.6) is 0 Å². The summed E-state index contributed by atoms with van der Waals surface area (Å²) in [6, 6.07) is 5.34. The molecule has 1 heterocycles. The lowest BCUT2D eigenvalue weighted by molar-refractivity contribution is -0.131. The van der Waals surface area contributed by atoms with E-state index < -0.39 is 42.6 Å². The van der Waals surface area contributed by atoms with E-state index in [1.807, 2.05) is 0 Å². The maximum atomic E-state index is 13.8. The summed E-state index contributed by atoms with van der Waals surface area (Å²) in [6.07, 6.45) is -1.10. The first kappa shape index (κ1) is 21.8. The molecule has 2 amide bonds. The second-order valence-electron chi connectivity index (χ2n) is 7.02. The molecule has 152 valence electrons. The Morgan fingerprint density at radius 2 is 2.11 bits per heavy atom. The predicted molar refractivity (Wildman–Crippen MR) is 98.4 cm³/mol. The lowest BCUT2D eigenvalue weighted by atomic mass is 9.76. The van der Waals surface area contributed by atoms with Gasteiger partial charge in [0.15, 0.2) is 0 Å². The topological polar surface area (TPSA) is 99.1 Å². The van der Waals surface area contributed by atoms with Crippen molar-refractivity contribution in [1.82, 2.24) is 10.2 Å². The van der Waals surface area contributed by atoms with E-state index in [0.717, 1.165) is 6.08 Å². The maximum absolute atomic E-state index is 13.8. The van der Waals surface area contributed by atoms with Crippen molar-refractivity contribution in [1.29, 1.82) is 0 Å². The molecule has 2 rings (SSSR count). The number of nitrogens with zero attached hydrogens (tertiary/aromatic N) is 1. The zero-order chi connectivity index (χ0) is 20.9. The zero-order valence-electron chi connectivity index (χ0n) is 15.5. The standard InChI is InChI=1S/C18H23BF2N2O5/c1-3-16(24)23-10-14(21)9-18(23,2)11-28-17(25)22-15(19(26)27)8-12-4-6-13(20)7-5-12/h3-7,14-15,26-27H,1,8-11H2,2H3,(H,22,25)/t14-,15-,18+/m0/s1. The number of hydrogen-bond acceptors (Lipinski definition) is 5. The molecule has 1 aliphatic rings. The average Bonchev–Trinajstić information content (AvgIpc) is 2.95. The van der Waals surface area contributed by atoms with Crippen molar-refractivity contribution in [2.45, 2.75) is 37.4 Å². The molecule has 1 aliphatic heterocycles. The van der Waals surface area contributed by atoms with Crippen molar-refractivity contribution in [2.75, 3.05) is 13.2 Å². The first-order valence-electron chi connectivity index (χ1n) is 8.76. The number of nitrogens with one attached hydrogen (secondary N) is 1.